The minimum atomic E-state index is 0.340. The Morgan fingerprint density at radius 1 is 1.17 bits per heavy atom. The zero-order valence-electron chi connectivity index (χ0n) is 10.3. The van der Waals surface area contributed by atoms with Gasteiger partial charge in [0, 0.05) is 36.4 Å². The summed E-state index contributed by atoms with van der Waals surface area (Å²) < 4.78 is 0. The lowest BCUT2D eigenvalue weighted by atomic mass is 10.0. The van der Waals surface area contributed by atoms with Gasteiger partial charge < -0.3 is 16.4 Å². The average molecular weight is 242 g/mol. The van der Waals surface area contributed by atoms with Crippen molar-refractivity contribution in [3.63, 3.8) is 0 Å². The second kappa shape index (κ2) is 4.46. The Morgan fingerprint density at radius 3 is 2.72 bits per heavy atom. The van der Waals surface area contributed by atoms with Crippen molar-refractivity contribution < 1.29 is 0 Å². The lowest BCUT2D eigenvalue weighted by Gasteiger charge is -2.31. The molecule has 1 saturated heterocycles. The molecule has 0 atom stereocenters. The fraction of sp³-hybridized carbons (Fsp3) is 0.357. The third-order valence-electron chi connectivity index (χ3n) is 3.61. The van der Waals surface area contributed by atoms with Gasteiger partial charge in [-0.25, -0.2) is 4.98 Å². The molecule has 0 saturated carbocycles. The van der Waals surface area contributed by atoms with E-state index in [0.29, 0.717) is 6.04 Å². The van der Waals surface area contributed by atoms with Crippen LogP contribution in [0.15, 0.2) is 30.5 Å². The van der Waals surface area contributed by atoms with Crippen LogP contribution in [0.2, 0.25) is 0 Å². The third kappa shape index (κ3) is 1.99. The summed E-state index contributed by atoms with van der Waals surface area (Å²) in [5.41, 5.74) is 12.6. The number of fused-ring (bicyclic) bond motifs is 1. The van der Waals surface area contributed by atoms with Crippen LogP contribution in [0.4, 0.5) is 11.5 Å². The Kier molecular flexibility index (Phi) is 2.80. The number of aromatic nitrogens is 1. The molecular formula is C14H18N4. The molecule has 1 aromatic heterocycles. The van der Waals surface area contributed by atoms with Gasteiger partial charge in [-0.1, -0.05) is 0 Å². The quantitative estimate of drug-likeness (QED) is 0.747. The molecule has 4 nitrogen and oxygen atoms in total. The van der Waals surface area contributed by atoms with Crippen LogP contribution in [0.5, 0.6) is 0 Å². The van der Waals surface area contributed by atoms with E-state index in [-0.39, 0.29) is 0 Å². The molecule has 2 aromatic rings. The van der Waals surface area contributed by atoms with Gasteiger partial charge in [0.2, 0.25) is 0 Å². The highest BCUT2D eigenvalue weighted by molar-refractivity contribution is 5.93. The van der Waals surface area contributed by atoms with E-state index in [1.165, 1.54) is 5.39 Å². The lowest BCUT2D eigenvalue weighted by molar-refractivity contribution is 0.499. The van der Waals surface area contributed by atoms with Crippen molar-refractivity contribution in [2.24, 2.45) is 5.73 Å². The molecule has 0 aliphatic carbocycles. The Bertz CT molecular complexity index is 559. The van der Waals surface area contributed by atoms with Crippen molar-refractivity contribution in [1.82, 2.24) is 4.98 Å². The molecule has 0 unspecified atom stereocenters. The van der Waals surface area contributed by atoms with Gasteiger partial charge in [-0.05, 0) is 42.5 Å². The van der Waals surface area contributed by atoms with E-state index in [1.54, 1.807) is 0 Å². The average Bonchev–Trinajstić information content (AvgIpc) is 2.38. The van der Waals surface area contributed by atoms with E-state index in [1.807, 2.05) is 24.4 Å². The minimum absolute atomic E-state index is 0.340. The smallest absolute Gasteiger partial charge is 0.136 e. The summed E-state index contributed by atoms with van der Waals surface area (Å²) in [6.07, 6.45) is 3.92. The monoisotopic (exact) mass is 242 g/mol. The number of hydrogen-bond donors (Lipinski definition) is 2. The number of nitrogen functional groups attached to an aromatic ring is 1. The summed E-state index contributed by atoms with van der Waals surface area (Å²) in [6.45, 7) is 1.97. The minimum Gasteiger partial charge on any atom is -0.399 e. The van der Waals surface area contributed by atoms with Crippen molar-refractivity contribution in [1.29, 1.82) is 0 Å². The van der Waals surface area contributed by atoms with Gasteiger partial charge in [0.25, 0.3) is 0 Å². The number of hydrogen-bond acceptors (Lipinski definition) is 4. The van der Waals surface area contributed by atoms with Gasteiger partial charge in [-0.15, -0.1) is 0 Å². The predicted octanol–water partition coefficient (Wildman–Crippen LogP) is 1.74. The van der Waals surface area contributed by atoms with Gasteiger partial charge in [0.1, 0.15) is 5.82 Å². The number of nitrogens with two attached hydrogens (primary N) is 2. The highest BCUT2D eigenvalue weighted by atomic mass is 15.2. The second-order valence-electron chi connectivity index (χ2n) is 4.94. The maximum absolute atomic E-state index is 5.94. The Labute approximate surface area is 107 Å². The van der Waals surface area contributed by atoms with Crippen molar-refractivity contribution in [2.75, 3.05) is 23.7 Å². The zero-order chi connectivity index (χ0) is 12.5. The Hall–Kier alpha value is -1.81. The van der Waals surface area contributed by atoms with Crippen LogP contribution in [-0.2, 0) is 0 Å². The molecule has 1 aliphatic heterocycles. The number of pyridine rings is 1. The van der Waals surface area contributed by atoms with E-state index in [0.717, 1.165) is 42.8 Å². The van der Waals surface area contributed by atoms with E-state index in [2.05, 4.69) is 16.0 Å². The summed E-state index contributed by atoms with van der Waals surface area (Å²) in [7, 11) is 0. The van der Waals surface area contributed by atoms with E-state index in [4.69, 9.17) is 11.5 Å². The third-order valence-corrected chi connectivity index (χ3v) is 3.61. The first-order valence-electron chi connectivity index (χ1n) is 6.39. The van der Waals surface area contributed by atoms with Gasteiger partial charge in [0.15, 0.2) is 0 Å². The summed E-state index contributed by atoms with van der Waals surface area (Å²) in [5, 5.41) is 2.32. The summed E-state index contributed by atoms with van der Waals surface area (Å²) in [5.74, 6) is 1.06. The zero-order valence-corrected chi connectivity index (χ0v) is 10.3. The molecule has 1 aliphatic rings. The van der Waals surface area contributed by atoms with Crippen LogP contribution in [0.3, 0.4) is 0 Å². The van der Waals surface area contributed by atoms with Crippen molar-refractivity contribution in [3.05, 3.63) is 30.5 Å². The van der Waals surface area contributed by atoms with E-state index < -0.39 is 0 Å². The van der Waals surface area contributed by atoms with Gasteiger partial charge in [0.05, 0.1) is 0 Å². The fourth-order valence-electron chi connectivity index (χ4n) is 2.54. The van der Waals surface area contributed by atoms with Crippen LogP contribution in [-0.4, -0.2) is 24.1 Å². The molecule has 1 aromatic carbocycles. The van der Waals surface area contributed by atoms with Crippen molar-refractivity contribution >= 4 is 22.3 Å². The highest BCUT2D eigenvalue weighted by Crippen LogP contribution is 2.27. The summed E-state index contributed by atoms with van der Waals surface area (Å²) in [4.78, 5) is 6.85. The van der Waals surface area contributed by atoms with Crippen LogP contribution in [0.1, 0.15) is 12.8 Å². The van der Waals surface area contributed by atoms with Crippen LogP contribution in [0, 0.1) is 0 Å². The Balaban J connectivity index is 2.01. The molecule has 3 rings (SSSR count). The summed E-state index contributed by atoms with van der Waals surface area (Å²) >= 11 is 0. The van der Waals surface area contributed by atoms with Crippen LogP contribution >= 0.6 is 0 Å². The van der Waals surface area contributed by atoms with E-state index in [9.17, 15) is 0 Å². The lowest BCUT2D eigenvalue weighted by Crippen LogP contribution is -2.40. The molecule has 0 spiro atoms. The van der Waals surface area contributed by atoms with Crippen LogP contribution < -0.4 is 16.4 Å². The SMILES string of the molecule is Nc1ccc2c(N3CCC(N)CC3)nccc2c1. The molecule has 1 fully saturated rings. The first-order valence-corrected chi connectivity index (χ1v) is 6.39. The fourth-order valence-corrected chi connectivity index (χ4v) is 2.54. The number of benzene rings is 1. The molecule has 2 heterocycles. The van der Waals surface area contributed by atoms with Gasteiger partial charge in [-0.3, -0.25) is 0 Å². The van der Waals surface area contributed by atoms with Crippen molar-refractivity contribution in [2.45, 2.75) is 18.9 Å². The first-order chi connectivity index (χ1) is 8.74. The molecule has 4 heteroatoms. The topological polar surface area (TPSA) is 68.2 Å². The number of piperidine rings is 1. The predicted molar refractivity (Wildman–Crippen MR) is 75.6 cm³/mol. The molecule has 0 radical (unpaired) electrons. The molecule has 18 heavy (non-hydrogen) atoms. The molecule has 0 bridgehead atoms. The normalized spacial score (nSPS) is 17.3. The maximum atomic E-state index is 5.94. The first kappa shape index (κ1) is 11.3. The molecule has 94 valence electrons. The van der Waals surface area contributed by atoms with E-state index >= 15 is 0 Å². The number of rotatable bonds is 1. The highest BCUT2D eigenvalue weighted by Gasteiger charge is 2.18. The number of anilines is 2. The molecule has 4 N–H and O–H groups in total. The van der Waals surface area contributed by atoms with Crippen molar-refractivity contribution in [3.8, 4) is 0 Å². The van der Waals surface area contributed by atoms with Gasteiger partial charge >= 0.3 is 0 Å². The molecule has 0 amide bonds. The second-order valence-corrected chi connectivity index (χ2v) is 4.94. The standard InChI is InChI=1S/C14H18N4/c15-11-4-7-18(8-5-11)14-13-2-1-12(16)9-10(13)3-6-17-14/h1-3,6,9,11H,4-5,7-8,15-16H2. The number of nitrogens with zero attached hydrogens (tertiary/aromatic N) is 2. The largest absolute Gasteiger partial charge is 0.399 e. The van der Waals surface area contributed by atoms with Gasteiger partial charge in [-0.2, -0.15) is 0 Å². The van der Waals surface area contributed by atoms with Crippen LogP contribution in [0.25, 0.3) is 10.8 Å². The maximum Gasteiger partial charge on any atom is 0.136 e. The Morgan fingerprint density at radius 2 is 1.94 bits per heavy atom. The molecular weight excluding hydrogens is 224 g/mol. The summed E-state index contributed by atoms with van der Waals surface area (Å²) in [6, 6.07) is 8.33.